The van der Waals surface area contributed by atoms with E-state index in [4.69, 9.17) is 0 Å². The summed E-state index contributed by atoms with van der Waals surface area (Å²) in [6.07, 6.45) is 4.12. The van der Waals surface area contributed by atoms with Crippen LogP contribution < -0.4 is 5.32 Å². The van der Waals surface area contributed by atoms with Crippen molar-refractivity contribution in [1.29, 1.82) is 0 Å². The SMILES string of the molecule is CCCC[C@H](CC)C(=O)Nc1cccc2ccccc12. The van der Waals surface area contributed by atoms with E-state index in [1.165, 1.54) is 0 Å². The highest BCUT2D eigenvalue weighted by atomic mass is 16.1. The number of carbonyl (C=O) groups is 1. The molecule has 2 aromatic rings. The molecule has 0 heterocycles. The highest BCUT2D eigenvalue weighted by Gasteiger charge is 2.16. The molecule has 0 radical (unpaired) electrons. The van der Waals surface area contributed by atoms with Crippen LogP contribution >= 0.6 is 0 Å². The van der Waals surface area contributed by atoms with E-state index in [1.54, 1.807) is 0 Å². The van der Waals surface area contributed by atoms with Crippen LogP contribution in [-0.2, 0) is 4.79 Å². The molecule has 0 aliphatic heterocycles. The summed E-state index contributed by atoms with van der Waals surface area (Å²) in [5.41, 5.74) is 0.919. The maximum atomic E-state index is 12.4. The largest absolute Gasteiger partial charge is 0.325 e. The Hall–Kier alpha value is -1.83. The van der Waals surface area contributed by atoms with E-state index in [-0.39, 0.29) is 11.8 Å². The normalized spacial score (nSPS) is 12.3. The first kappa shape index (κ1) is 14.6. The van der Waals surface area contributed by atoms with Crippen LogP contribution in [0.1, 0.15) is 39.5 Å². The van der Waals surface area contributed by atoms with Crippen LogP contribution in [0.25, 0.3) is 10.8 Å². The van der Waals surface area contributed by atoms with Gasteiger partial charge in [-0.25, -0.2) is 0 Å². The van der Waals surface area contributed by atoms with Crippen molar-refractivity contribution < 1.29 is 4.79 Å². The molecule has 1 atom stereocenters. The Morgan fingerprint density at radius 1 is 1.10 bits per heavy atom. The Balaban J connectivity index is 2.17. The second-order valence-electron chi connectivity index (χ2n) is 5.26. The van der Waals surface area contributed by atoms with E-state index in [0.717, 1.165) is 42.1 Å². The molecule has 0 spiro atoms. The predicted molar refractivity (Wildman–Crippen MR) is 85.9 cm³/mol. The van der Waals surface area contributed by atoms with Gasteiger partial charge in [0.2, 0.25) is 5.91 Å². The molecule has 0 saturated heterocycles. The fraction of sp³-hybridized carbons (Fsp3) is 0.389. The van der Waals surface area contributed by atoms with E-state index in [9.17, 15) is 4.79 Å². The Morgan fingerprint density at radius 3 is 2.60 bits per heavy atom. The minimum absolute atomic E-state index is 0.119. The molecule has 0 fully saturated rings. The average Bonchev–Trinajstić information content (AvgIpc) is 2.48. The fourth-order valence-electron chi connectivity index (χ4n) is 2.54. The quantitative estimate of drug-likeness (QED) is 0.786. The molecule has 2 rings (SSSR count). The summed E-state index contributed by atoms with van der Waals surface area (Å²) in [6, 6.07) is 14.2. The number of rotatable bonds is 6. The lowest BCUT2D eigenvalue weighted by atomic mass is 9.98. The van der Waals surface area contributed by atoms with Gasteiger partial charge in [-0.05, 0) is 24.3 Å². The summed E-state index contributed by atoms with van der Waals surface area (Å²) >= 11 is 0. The zero-order valence-corrected chi connectivity index (χ0v) is 12.4. The molecule has 0 aliphatic rings. The molecule has 20 heavy (non-hydrogen) atoms. The van der Waals surface area contributed by atoms with Crippen molar-refractivity contribution in [1.82, 2.24) is 0 Å². The molecule has 0 unspecified atom stereocenters. The summed E-state index contributed by atoms with van der Waals surface area (Å²) in [7, 11) is 0. The van der Waals surface area contributed by atoms with E-state index in [0.29, 0.717) is 0 Å². The summed E-state index contributed by atoms with van der Waals surface area (Å²) in [5.74, 6) is 0.270. The van der Waals surface area contributed by atoms with Gasteiger partial charge in [-0.2, -0.15) is 0 Å². The van der Waals surface area contributed by atoms with Crippen LogP contribution in [0.2, 0.25) is 0 Å². The topological polar surface area (TPSA) is 29.1 Å². The lowest BCUT2D eigenvalue weighted by Crippen LogP contribution is -2.22. The molecule has 0 aromatic heterocycles. The summed E-state index contributed by atoms with van der Waals surface area (Å²) in [4.78, 5) is 12.4. The van der Waals surface area contributed by atoms with Gasteiger partial charge in [0.15, 0.2) is 0 Å². The molecule has 2 heteroatoms. The maximum Gasteiger partial charge on any atom is 0.227 e. The van der Waals surface area contributed by atoms with Crippen LogP contribution in [-0.4, -0.2) is 5.91 Å². The van der Waals surface area contributed by atoms with Crippen molar-refractivity contribution in [3.05, 3.63) is 42.5 Å². The number of amides is 1. The lowest BCUT2D eigenvalue weighted by Gasteiger charge is -2.15. The van der Waals surface area contributed by atoms with Gasteiger partial charge in [0.25, 0.3) is 0 Å². The van der Waals surface area contributed by atoms with Gasteiger partial charge < -0.3 is 5.32 Å². The van der Waals surface area contributed by atoms with Crippen molar-refractivity contribution in [3.8, 4) is 0 Å². The number of anilines is 1. The van der Waals surface area contributed by atoms with Gasteiger partial charge in [0.05, 0.1) is 0 Å². The van der Waals surface area contributed by atoms with Crippen molar-refractivity contribution in [2.45, 2.75) is 39.5 Å². The lowest BCUT2D eigenvalue weighted by molar-refractivity contribution is -0.120. The van der Waals surface area contributed by atoms with Crippen molar-refractivity contribution in [2.24, 2.45) is 5.92 Å². The summed E-state index contributed by atoms with van der Waals surface area (Å²) in [6.45, 7) is 4.25. The van der Waals surface area contributed by atoms with E-state index in [1.807, 2.05) is 24.3 Å². The van der Waals surface area contributed by atoms with Crippen LogP contribution in [0.5, 0.6) is 0 Å². The summed E-state index contributed by atoms with van der Waals surface area (Å²) in [5, 5.41) is 5.37. The molecule has 106 valence electrons. The molecular weight excluding hydrogens is 246 g/mol. The van der Waals surface area contributed by atoms with Crippen molar-refractivity contribution >= 4 is 22.4 Å². The second kappa shape index (κ2) is 7.09. The highest BCUT2D eigenvalue weighted by molar-refractivity contribution is 6.02. The van der Waals surface area contributed by atoms with Crippen LogP contribution in [0.15, 0.2) is 42.5 Å². The first-order valence-electron chi connectivity index (χ1n) is 7.54. The van der Waals surface area contributed by atoms with E-state index in [2.05, 4.69) is 37.4 Å². The van der Waals surface area contributed by atoms with Gasteiger partial charge in [0.1, 0.15) is 0 Å². The third-order valence-electron chi connectivity index (χ3n) is 3.82. The molecular formula is C18H23NO. The number of unbranched alkanes of at least 4 members (excludes halogenated alkanes) is 1. The van der Waals surface area contributed by atoms with Gasteiger partial charge >= 0.3 is 0 Å². The molecule has 0 aliphatic carbocycles. The molecule has 1 amide bonds. The molecule has 2 nitrogen and oxygen atoms in total. The number of carbonyl (C=O) groups excluding carboxylic acids is 1. The Labute approximate surface area is 121 Å². The number of fused-ring (bicyclic) bond motifs is 1. The third kappa shape index (κ3) is 3.38. The Bertz CT molecular complexity index is 571. The molecule has 0 bridgehead atoms. The highest BCUT2D eigenvalue weighted by Crippen LogP contribution is 2.24. The van der Waals surface area contributed by atoms with Gasteiger partial charge in [-0.3, -0.25) is 4.79 Å². The fourth-order valence-corrected chi connectivity index (χ4v) is 2.54. The first-order valence-corrected chi connectivity index (χ1v) is 7.54. The number of hydrogen-bond donors (Lipinski definition) is 1. The second-order valence-corrected chi connectivity index (χ2v) is 5.26. The number of hydrogen-bond acceptors (Lipinski definition) is 1. The predicted octanol–water partition coefficient (Wildman–Crippen LogP) is 4.99. The smallest absolute Gasteiger partial charge is 0.227 e. The molecule has 1 N–H and O–H groups in total. The van der Waals surface area contributed by atoms with Gasteiger partial charge in [-0.15, -0.1) is 0 Å². The van der Waals surface area contributed by atoms with Gasteiger partial charge in [-0.1, -0.05) is 63.1 Å². The molecule has 0 saturated carbocycles. The minimum atomic E-state index is 0.119. The zero-order valence-electron chi connectivity index (χ0n) is 12.4. The van der Waals surface area contributed by atoms with E-state index >= 15 is 0 Å². The standard InChI is InChI=1S/C18H23NO/c1-3-5-9-14(4-2)18(20)19-17-13-8-11-15-10-6-7-12-16(15)17/h6-8,10-14H,3-5,9H2,1-2H3,(H,19,20)/t14-/m0/s1. The Kier molecular flexibility index (Phi) is 5.16. The molecule has 2 aromatic carbocycles. The van der Waals surface area contributed by atoms with Crippen molar-refractivity contribution in [3.63, 3.8) is 0 Å². The van der Waals surface area contributed by atoms with Crippen LogP contribution in [0, 0.1) is 5.92 Å². The maximum absolute atomic E-state index is 12.4. The number of benzene rings is 2. The average molecular weight is 269 g/mol. The first-order chi connectivity index (χ1) is 9.76. The number of nitrogens with one attached hydrogen (secondary N) is 1. The third-order valence-corrected chi connectivity index (χ3v) is 3.82. The Morgan fingerprint density at radius 2 is 1.85 bits per heavy atom. The van der Waals surface area contributed by atoms with Gasteiger partial charge in [0, 0.05) is 17.0 Å². The zero-order chi connectivity index (χ0) is 14.4. The van der Waals surface area contributed by atoms with Crippen molar-refractivity contribution in [2.75, 3.05) is 5.32 Å². The summed E-state index contributed by atoms with van der Waals surface area (Å²) < 4.78 is 0. The minimum Gasteiger partial charge on any atom is -0.325 e. The van der Waals surface area contributed by atoms with Crippen LogP contribution in [0.4, 0.5) is 5.69 Å². The van der Waals surface area contributed by atoms with Crippen LogP contribution in [0.3, 0.4) is 0 Å². The monoisotopic (exact) mass is 269 g/mol. The van der Waals surface area contributed by atoms with E-state index < -0.39 is 0 Å².